The topological polar surface area (TPSA) is 21.3 Å². The number of rotatable bonds is 3. The number of para-hydroxylation sites is 1. The van der Waals surface area contributed by atoms with Crippen molar-refractivity contribution in [1.29, 1.82) is 0 Å². The van der Waals surface area contributed by atoms with E-state index in [9.17, 15) is 0 Å². The molecule has 0 unspecified atom stereocenters. The number of anilines is 1. The van der Waals surface area contributed by atoms with Crippen LogP contribution < -0.4 is 5.32 Å². The second-order valence-electron chi connectivity index (χ2n) is 7.11. The molecule has 0 amide bonds. The lowest BCUT2D eigenvalue weighted by molar-refractivity contribution is 0.264. The molecule has 0 bridgehead atoms. The SMILES string of the molecule is CC(C)(C)[Si](C)(C)OC[C@H]1CCc2ccccc2N1. The summed E-state index contributed by atoms with van der Waals surface area (Å²) in [5.41, 5.74) is 2.73. The van der Waals surface area contributed by atoms with Crippen LogP contribution in [0, 0.1) is 0 Å². The number of aryl methyl sites for hydroxylation is 1. The molecule has 0 fully saturated rings. The highest BCUT2D eigenvalue weighted by atomic mass is 28.4. The molecule has 106 valence electrons. The fourth-order valence-corrected chi connectivity index (χ4v) is 3.20. The Morgan fingerprint density at radius 2 is 1.95 bits per heavy atom. The number of nitrogens with one attached hydrogen (secondary N) is 1. The maximum atomic E-state index is 6.32. The fraction of sp³-hybridized carbons (Fsp3) is 0.625. The highest BCUT2D eigenvalue weighted by Crippen LogP contribution is 2.37. The van der Waals surface area contributed by atoms with E-state index in [4.69, 9.17) is 4.43 Å². The maximum absolute atomic E-state index is 6.32. The summed E-state index contributed by atoms with van der Waals surface area (Å²) in [6.45, 7) is 12.4. The quantitative estimate of drug-likeness (QED) is 0.825. The Balaban J connectivity index is 1.93. The summed E-state index contributed by atoms with van der Waals surface area (Å²) in [5, 5.41) is 3.91. The van der Waals surface area contributed by atoms with Gasteiger partial charge in [-0.25, -0.2) is 0 Å². The van der Waals surface area contributed by atoms with E-state index < -0.39 is 8.32 Å². The van der Waals surface area contributed by atoms with Gasteiger partial charge < -0.3 is 9.74 Å². The normalized spacial score (nSPS) is 19.7. The highest BCUT2D eigenvalue weighted by Gasteiger charge is 2.37. The summed E-state index contributed by atoms with van der Waals surface area (Å²) in [5.74, 6) is 0. The van der Waals surface area contributed by atoms with Crippen molar-refractivity contribution < 1.29 is 4.43 Å². The van der Waals surface area contributed by atoms with Crippen LogP contribution in [0.1, 0.15) is 32.8 Å². The van der Waals surface area contributed by atoms with E-state index in [0.29, 0.717) is 11.1 Å². The van der Waals surface area contributed by atoms with Gasteiger partial charge in [0.1, 0.15) is 0 Å². The molecule has 0 radical (unpaired) electrons. The molecular formula is C16H27NOSi. The van der Waals surface area contributed by atoms with Crippen molar-refractivity contribution in [2.45, 2.75) is 57.8 Å². The first-order valence-electron chi connectivity index (χ1n) is 7.28. The zero-order valence-corrected chi connectivity index (χ0v) is 13.9. The molecule has 1 N–H and O–H groups in total. The molecule has 19 heavy (non-hydrogen) atoms. The zero-order valence-electron chi connectivity index (χ0n) is 12.9. The molecule has 1 aliphatic heterocycles. The first-order valence-corrected chi connectivity index (χ1v) is 10.2. The Morgan fingerprint density at radius 3 is 2.63 bits per heavy atom. The van der Waals surface area contributed by atoms with E-state index in [1.807, 2.05) is 0 Å². The minimum atomic E-state index is -1.62. The van der Waals surface area contributed by atoms with E-state index in [-0.39, 0.29) is 0 Å². The van der Waals surface area contributed by atoms with Gasteiger partial charge in [-0.1, -0.05) is 39.0 Å². The third-order valence-corrected chi connectivity index (χ3v) is 9.09. The zero-order chi connectivity index (χ0) is 14.1. The maximum Gasteiger partial charge on any atom is 0.192 e. The molecule has 3 heteroatoms. The number of hydrogen-bond donors (Lipinski definition) is 1. The molecule has 1 aromatic carbocycles. The lowest BCUT2D eigenvalue weighted by Crippen LogP contribution is -2.44. The monoisotopic (exact) mass is 277 g/mol. The minimum Gasteiger partial charge on any atom is -0.415 e. The highest BCUT2D eigenvalue weighted by molar-refractivity contribution is 6.74. The second-order valence-corrected chi connectivity index (χ2v) is 11.9. The van der Waals surface area contributed by atoms with Gasteiger partial charge in [-0.2, -0.15) is 0 Å². The summed E-state index contributed by atoms with van der Waals surface area (Å²) in [6, 6.07) is 9.07. The molecule has 0 saturated heterocycles. The Kier molecular flexibility index (Phi) is 4.07. The van der Waals surface area contributed by atoms with Crippen LogP contribution in [0.25, 0.3) is 0 Å². The first kappa shape index (κ1) is 14.6. The van der Waals surface area contributed by atoms with Crippen molar-refractivity contribution in [1.82, 2.24) is 0 Å². The second kappa shape index (κ2) is 5.29. The van der Waals surface area contributed by atoms with Gasteiger partial charge in [0.2, 0.25) is 0 Å². The van der Waals surface area contributed by atoms with E-state index >= 15 is 0 Å². The van der Waals surface area contributed by atoms with Crippen LogP contribution >= 0.6 is 0 Å². The van der Waals surface area contributed by atoms with Crippen molar-refractivity contribution in [3.8, 4) is 0 Å². The number of benzene rings is 1. The fourth-order valence-electron chi connectivity index (χ4n) is 2.15. The molecule has 1 aromatic rings. The summed E-state index contributed by atoms with van der Waals surface area (Å²) in [6.07, 6.45) is 2.33. The molecule has 1 atom stereocenters. The van der Waals surface area contributed by atoms with Gasteiger partial charge in [-0.05, 0) is 42.6 Å². The molecule has 2 rings (SSSR count). The van der Waals surface area contributed by atoms with Gasteiger partial charge in [0.05, 0.1) is 6.61 Å². The molecular weight excluding hydrogens is 250 g/mol. The number of fused-ring (bicyclic) bond motifs is 1. The van der Waals surface area contributed by atoms with Crippen LogP contribution in [0.15, 0.2) is 24.3 Å². The molecule has 1 aliphatic rings. The molecule has 0 aromatic heterocycles. The average Bonchev–Trinajstić information content (AvgIpc) is 2.35. The first-order chi connectivity index (χ1) is 8.79. The Labute approximate surface area is 118 Å². The molecule has 0 saturated carbocycles. The smallest absolute Gasteiger partial charge is 0.192 e. The standard InChI is InChI=1S/C16H27NOSi/c1-16(2,3)19(4,5)18-12-14-11-10-13-8-6-7-9-15(13)17-14/h6-9,14,17H,10-12H2,1-5H3/t14-/m1/s1. The van der Waals surface area contributed by atoms with Crippen molar-refractivity contribution in [2.24, 2.45) is 0 Å². The summed E-state index contributed by atoms with van der Waals surface area (Å²) in [4.78, 5) is 0. The third-order valence-electron chi connectivity index (χ3n) is 4.59. The lowest BCUT2D eigenvalue weighted by atomic mass is 9.99. The largest absolute Gasteiger partial charge is 0.415 e. The molecule has 0 aliphatic carbocycles. The Bertz CT molecular complexity index is 437. The van der Waals surface area contributed by atoms with E-state index in [1.165, 1.54) is 17.7 Å². The predicted octanol–water partition coefficient (Wildman–Crippen LogP) is 4.44. The summed E-state index contributed by atoms with van der Waals surface area (Å²) in [7, 11) is -1.62. The van der Waals surface area contributed by atoms with Crippen LogP contribution in [0.4, 0.5) is 5.69 Å². The van der Waals surface area contributed by atoms with E-state index in [2.05, 4.69) is 63.4 Å². The minimum absolute atomic E-state index is 0.291. The molecule has 2 nitrogen and oxygen atoms in total. The van der Waals surface area contributed by atoms with Gasteiger partial charge in [0, 0.05) is 11.7 Å². The van der Waals surface area contributed by atoms with Crippen molar-refractivity contribution in [3.05, 3.63) is 29.8 Å². The van der Waals surface area contributed by atoms with Crippen molar-refractivity contribution >= 4 is 14.0 Å². The van der Waals surface area contributed by atoms with Crippen LogP contribution in [-0.4, -0.2) is 21.0 Å². The lowest BCUT2D eigenvalue weighted by Gasteiger charge is -2.38. The van der Waals surface area contributed by atoms with Gasteiger partial charge in [0.25, 0.3) is 0 Å². The van der Waals surface area contributed by atoms with Crippen molar-refractivity contribution in [2.75, 3.05) is 11.9 Å². The average molecular weight is 277 g/mol. The van der Waals surface area contributed by atoms with Gasteiger partial charge >= 0.3 is 0 Å². The molecule has 0 spiro atoms. The third kappa shape index (κ3) is 3.40. The molecule has 1 heterocycles. The van der Waals surface area contributed by atoms with Crippen LogP contribution in [0.5, 0.6) is 0 Å². The predicted molar refractivity (Wildman–Crippen MR) is 85.3 cm³/mol. The van der Waals surface area contributed by atoms with Gasteiger partial charge in [-0.15, -0.1) is 0 Å². The van der Waals surface area contributed by atoms with Crippen LogP contribution in [0.3, 0.4) is 0 Å². The Hall–Kier alpha value is -0.803. The van der Waals surface area contributed by atoms with Crippen LogP contribution in [-0.2, 0) is 10.8 Å². The number of hydrogen-bond acceptors (Lipinski definition) is 2. The van der Waals surface area contributed by atoms with Gasteiger partial charge in [0.15, 0.2) is 8.32 Å². The van der Waals surface area contributed by atoms with E-state index in [1.54, 1.807) is 0 Å². The van der Waals surface area contributed by atoms with Crippen molar-refractivity contribution in [3.63, 3.8) is 0 Å². The van der Waals surface area contributed by atoms with Gasteiger partial charge in [-0.3, -0.25) is 0 Å². The summed E-state index contributed by atoms with van der Waals surface area (Å²) >= 11 is 0. The van der Waals surface area contributed by atoms with E-state index in [0.717, 1.165) is 13.0 Å². The van der Waals surface area contributed by atoms with Crippen LogP contribution in [0.2, 0.25) is 18.1 Å². The summed E-state index contributed by atoms with van der Waals surface area (Å²) < 4.78 is 6.32. The Morgan fingerprint density at radius 1 is 1.26 bits per heavy atom.